The second-order valence-electron chi connectivity index (χ2n) is 4.35. The highest BCUT2D eigenvalue weighted by atomic mass is 16.5. The molecule has 3 aliphatic heterocycles. The molecule has 0 N–H and O–H groups in total. The molecule has 0 amide bonds. The van der Waals surface area contributed by atoms with Crippen molar-refractivity contribution >= 4 is 0 Å². The van der Waals surface area contributed by atoms with Crippen LogP contribution in [0, 0.1) is 5.92 Å². The molecule has 0 radical (unpaired) electrons. The van der Waals surface area contributed by atoms with E-state index < -0.39 is 0 Å². The number of ether oxygens (including phenoxy) is 1. The monoisotopic (exact) mass is 205 g/mol. The van der Waals surface area contributed by atoms with Crippen LogP contribution in [0.15, 0.2) is 18.3 Å². The van der Waals surface area contributed by atoms with Gasteiger partial charge in [0.15, 0.2) is 6.23 Å². The Bertz CT molecular complexity index is 322. The zero-order valence-corrected chi connectivity index (χ0v) is 8.67. The number of hydrogen-bond acceptors (Lipinski definition) is 4. The third kappa shape index (κ3) is 1.81. The summed E-state index contributed by atoms with van der Waals surface area (Å²) in [6.45, 7) is 2.35. The van der Waals surface area contributed by atoms with Crippen molar-refractivity contribution in [3.63, 3.8) is 0 Å². The van der Waals surface area contributed by atoms with Gasteiger partial charge in [-0.15, -0.1) is 5.10 Å². The minimum Gasteiger partial charge on any atom is -0.457 e. The van der Waals surface area contributed by atoms with Crippen molar-refractivity contribution in [2.75, 3.05) is 13.1 Å². The quantitative estimate of drug-likeness (QED) is 0.729. The van der Waals surface area contributed by atoms with E-state index in [0.29, 0.717) is 5.88 Å². The fourth-order valence-electron chi connectivity index (χ4n) is 2.52. The molecule has 4 heterocycles. The number of piperidine rings is 3. The number of fused-ring (bicyclic) bond motifs is 3. The van der Waals surface area contributed by atoms with Gasteiger partial charge in [0.1, 0.15) is 0 Å². The van der Waals surface area contributed by atoms with E-state index in [1.54, 1.807) is 6.20 Å². The molecular formula is C11H15N3O. The van der Waals surface area contributed by atoms with Crippen molar-refractivity contribution < 1.29 is 4.74 Å². The fraction of sp³-hybridized carbons (Fsp3) is 0.636. The highest BCUT2D eigenvalue weighted by Crippen LogP contribution is 2.32. The first-order valence-corrected chi connectivity index (χ1v) is 5.60. The van der Waals surface area contributed by atoms with Gasteiger partial charge in [-0.3, -0.25) is 4.90 Å². The van der Waals surface area contributed by atoms with Gasteiger partial charge in [-0.25, -0.2) is 0 Å². The lowest BCUT2D eigenvalue weighted by molar-refractivity contribution is -0.0629. The summed E-state index contributed by atoms with van der Waals surface area (Å²) in [5, 5.41) is 7.78. The third-order valence-corrected chi connectivity index (χ3v) is 3.40. The van der Waals surface area contributed by atoms with Gasteiger partial charge in [0.05, 0.1) is 0 Å². The predicted octanol–water partition coefficient (Wildman–Crippen LogP) is 1.30. The van der Waals surface area contributed by atoms with E-state index in [1.165, 1.54) is 25.9 Å². The van der Waals surface area contributed by atoms with E-state index in [-0.39, 0.29) is 6.23 Å². The second-order valence-corrected chi connectivity index (χ2v) is 4.35. The molecule has 2 bridgehead atoms. The van der Waals surface area contributed by atoms with Gasteiger partial charge in [-0.05, 0) is 24.8 Å². The predicted molar refractivity (Wildman–Crippen MR) is 55.4 cm³/mol. The maximum atomic E-state index is 5.84. The molecule has 1 aromatic heterocycles. The lowest BCUT2D eigenvalue weighted by Crippen LogP contribution is -2.51. The summed E-state index contributed by atoms with van der Waals surface area (Å²) in [7, 11) is 0. The smallest absolute Gasteiger partial charge is 0.234 e. The lowest BCUT2D eigenvalue weighted by atomic mass is 9.87. The van der Waals surface area contributed by atoms with Crippen LogP contribution in [0.5, 0.6) is 5.88 Å². The summed E-state index contributed by atoms with van der Waals surface area (Å²) in [5.41, 5.74) is 0. The Morgan fingerprint density at radius 3 is 2.80 bits per heavy atom. The van der Waals surface area contributed by atoms with Crippen LogP contribution < -0.4 is 4.74 Å². The summed E-state index contributed by atoms with van der Waals surface area (Å²) < 4.78 is 5.84. The Hall–Kier alpha value is -1.16. The number of rotatable bonds is 2. The van der Waals surface area contributed by atoms with Crippen molar-refractivity contribution in [1.82, 2.24) is 15.1 Å². The molecule has 80 valence electrons. The molecule has 1 aromatic rings. The molecule has 4 heteroatoms. The summed E-state index contributed by atoms with van der Waals surface area (Å²) >= 11 is 0. The largest absolute Gasteiger partial charge is 0.457 e. The molecule has 3 saturated heterocycles. The van der Waals surface area contributed by atoms with Crippen LogP contribution >= 0.6 is 0 Å². The summed E-state index contributed by atoms with van der Waals surface area (Å²) in [4.78, 5) is 2.41. The average Bonchev–Trinajstić information content (AvgIpc) is 2.32. The molecular weight excluding hydrogens is 190 g/mol. The topological polar surface area (TPSA) is 38.3 Å². The van der Waals surface area contributed by atoms with Gasteiger partial charge in [0.25, 0.3) is 0 Å². The van der Waals surface area contributed by atoms with Gasteiger partial charge in [0.2, 0.25) is 5.88 Å². The fourth-order valence-corrected chi connectivity index (χ4v) is 2.52. The first-order chi connectivity index (χ1) is 7.42. The molecule has 1 atom stereocenters. The molecule has 15 heavy (non-hydrogen) atoms. The van der Waals surface area contributed by atoms with Crippen LogP contribution in [0.3, 0.4) is 0 Å². The Balaban J connectivity index is 1.69. The zero-order chi connectivity index (χ0) is 10.1. The summed E-state index contributed by atoms with van der Waals surface area (Å²) in [6, 6.07) is 3.73. The van der Waals surface area contributed by atoms with Crippen molar-refractivity contribution in [3.05, 3.63) is 18.3 Å². The maximum Gasteiger partial charge on any atom is 0.234 e. The second kappa shape index (κ2) is 3.77. The first-order valence-electron chi connectivity index (χ1n) is 5.60. The zero-order valence-electron chi connectivity index (χ0n) is 8.67. The van der Waals surface area contributed by atoms with E-state index >= 15 is 0 Å². The van der Waals surface area contributed by atoms with Crippen LogP contribution in [0.25, 0.3) is 0 Å². The highest BCUT2D eigenvalue weighted by Gasteiger charge is 2.34. The molecule has 4 rings (SSSR count). The van der Waals surface area contributed by atoms with Gasteiger partial charge in [0, 0.05) is 31.8 Å². The van der Waals surface area contributed by atoms with Crippen LogP contribution in [0.4, 0.5) is 0 Å². The van der Waals surface area contributed by atoms with Crippen LogP contribution in [0.1, 0.15) is 19.3 Å². The molecule has 0 spiro atoms. The Morgan fingerprint density at radius 2 is 2.20 bits per heavy atom. The maximum absolute atomic E-state index is 5.84. The minimum absolute atomic E-state index is 0.231. The molecule has 3 fully saturated rings. The van der Waals surface area contributed by atoms with Crippen molar-refractivity contribution in [1.29, 1.82) is 0 Å². The van der Waals surface area contributed by atoms with Crippen LogP contribution in [0.2, 0.25) is 0 Å². The molecule has 3 aliphatic rings. The van der Waals surface area contributed by atoms with E-state index in [1.807, 2.05) is 12.1 Å². The Morgan fingerprint density at radius 1 is 1.33 bits per heavy atom. The number of nitrogens with zero attached hydrogens (tertiary/aromatic N) is 3. The van der Waals surface area contributed by atoms with Gasteiger partial charge < -0.3 is 4.74 Å². The average molecular weight is 205 g/mol. The minimum atomic E-state index is 0.231. The third-order valence-electron chi connectivity index (χ3n) is 3.40. The first kappa shape index (κ1) is 9.09. The Labute approximate surface area is 89.3 Å². The highest BCUT2D eigenvalue weighted by molar-refractivity contribution is 5.06. The van der Waals surface area contributed by atoms with Crippen molar-refractivity contribution in [2.45, 2.75) is 25.5 Å². The Kier molecular flexibility index (Phi) is 2.29. The van der Waals surface area contributed by atoms with E-state index in [4.69, 9.17) is 4.74 Å². The van der Waals surface area contributed by atoms with E-state index in [2.05, 4.69) is 15.1 Å². The summed E-state index contributed by atoms with van der Waals surface area (Å²) in [5.74, 6) is 1.51. The van der Waals surface area contributed by atoms with Gasteiger partial charge in [-0.2, -0.15) is 5.10 Å². The lowest BCUT2D eigenvalue weighted by Gasteiger charge is -2.44. The van der Waals surface area contributed by atoms with Crippen LogP contribution in [-0.2, 0) is 0 Å². The van der Waals surface area contributed by atoms with Crippen molar-refractivity contribution in [3.8, 4) is 5.88 Å². The SMILES string of the molecule is c1cnnc(OC2CC3CCN2CC3)c1. The molecule has 4 nitrogen and oxygen atoms in total. The van der Waals surface area contributed by atoms with Gasteiger partial charge >= 0.3 is 0 Å². The molecule has 1 unspecified atom stereocenters. The van der Waals surface area contributed by atoms with E-state index in [0.717, 1.165) is 12.3 Å². The van der Waals surface area contributed by atoms with E-state index in [9.17, 15) is 0 Å². The normalized spacial score (nSPS) is 34.0. The van der Waals surface area contributed by atoms with Gasteiger partial charge in [-0.1, -0.05) is 0 Å². The number of aromatic nitrogens is 2. The molecule has 0 aromatic carbocycles. The summed E-state index contributed by atoms with van der Waals surface area (Å²) in [6.07, 6.45) is 5.71. The standard InChI is InChI=1S/C11H15N3O/c1-2-10(13-12-5-1)15-11-8-9-3-6-14(11)7-4-9/h1-2,5,9,11H,3-4,6-8H2. The van der Waals surface area contributed by atoms with Crippen molar-refractivity contribution in [2.24, 2.45) is 5.92 Å². The molecule has 0 saturated carbocycles. The van der Waals surface area contributed by atoms with Crippen LogP contribution in [-0.4, -0.2) is 34.4 Å². The molecule has 0 aliphatic carbocycles. The number of hydrogen-bond donors (Lipinski definition) is 0.